The molecule has 0 heterocycles. The van der Waals surface area contributed by atoms with Crippen LogP contribution in [0.2, 0.25) is 5.02 Å². The topological polar surface area (TPSA) is 61.4 Å². The summed E-state index contributed by atoms with van der Waals surface area (Å²) in [4.78, 5) is 11.7. The maximum atomic E-state index is 11.7. The predicted molar refractivity (Wildman–Crippen MR) is 71.9 cm³/mol. The van der Waals surface area contributed by atoms with Crippen LogP contribution >= 0.6 is 11.6 Å². The highest BCUT2D eigenvalue weighted by atomic mass is 35.5. The zero-order chi connectivity index (χ0) is 13.0. The molecular formula is C13H17ClN2O2. The van der Waals surface area contributed by atoms with Crippen molar-refractivity contribution in [2.45, 2.75) is 37.8 Å². The Kier molecular flexibility index (Phi) is 4.44. The first-order chi connectivity index (χ1) is 8.63. The van der Waals surface area contributed by atoms with Gasteiger partial charge in [-0.05, 0) is 49.9 Å². The van der Waals surface area contributed by atoms with Crippen LogP contribution in [-0.2, 0) is 0 Å². The summed E-state index contributed by atoms with van der Waals surface area (Å²) < 4.78 is 0. The van der Waals surface area contributed by atoms with Crippen molar-refractivity contribution in [2.24, 2.45) is 0 Å². The number of aliphatic hydroxyl groups excluding tert-OH is 1. The van der Waals surface area contributed by atoms with Gasteiger partial charge in [-0.15, -0.1) is 0 Å². The molecule has 1 fully saturated rings. The van der Waals surface area contributed by atoms with Crippen LogP contribution in [0.25, 0.3) is 0 Å². The van der Waals surface area contributed by atoms with Gasteiger partial charge in [0.2, 0.25) is 0 Å². The average Bonchev–Trinajstić information content (AvgIpc) is 2.32. The van der Waals surface area contributed by atoms with E-state index in [0.29, 0.717) is 17.1 Å². The Morgan fingerprint density at radius 2 is 2.00 bits per heavy atom. The summed E-state index contributed by atoms with van der Waals surface area (Å²) in [6.07, 6.45) is 3.04. The van der Waals surface area contributed by atoms with E-state index in [1.165, 1.54) is 0 Å². The van der Waals surface area contributed by atoms with Gasteiger partial charge in [-0.25, -0.2) is 4.79 Å². The highest BCUT2D eigenvalue weighted by Gasteiger charge is 2.21. The lowest BCUT2D eigenvalue weighted by Crippen LogP contribution is -2.41. The van der Waals surface area contributed by atoms with Crippen LogP contribution in [0.5, 0.6) is 0 Å². The molecule has 0 radical (unpaired) electrons. The van der Waals surface area contributed by atoms with Crippen molar-refractivity contribution in [1.82, 2.24) is 5.32 Å². The Labute approximate surface area is 111 Å². The van der Waals surface area contributed by atoms with Crippen LogP contribution in [0.3, 0.4) is 0 Å². The van der Waals surface area contributed by atoms with E-state index < -0.39 is 0 Å². The molecule has 4 nitrogen and oxygen atoms in total. The third-order valence-electron chi connectivity index (χ3n) is 3.08. The van der Waals surface area contributed by atoms with Gasteiger partial charge in [-0.1, -0.05) is 11.6 Å². The Balaban J connectivity index is 1.83. The number of urea groups is 1. The lowest BCUT2D eigenvalue weighted by molar-refractivity contribution is 0.114. The van der Waals surface area contributed by atoms with E-state index >= 15 is 0 Å². The summed E-state index contributed by atoms with van der Waals surface area (Å²) in [6, 6.07) is 6.76. The van der Waals surface area contributed by atoms with Gasteiger partial charge in [0.1, 0.15) is 0 Å². The molecule has 1 aliphatic rings. The minimum Gasteiger partial charge on any atom is -0.393 e. The monoisotopic (exact) mass is 268 g/mol. The van der Waals surface area contributed by atoms with Gasteiger partial charge in [0.15, 0.2) is 0 Å². The number of benzene rings is 1. The summed E-state index contributed by atoms with van der Waals surface area (Å²) >= 11 is 5.76. The molecule has 98 valence electrons. The molecule has 2 atom stereocenters. The summed E-state index contributed by atoms with van der Waals surface area (Å²) in [5, 5.41) is 15.8. The molecule has 2 amide bonds. The molecule has 1 saturated carbocycles. The van der Waals surface area contributed by atoms with Crippen LogP contribution in [0, 0.1) is 0 Å². The van der Waals surface area contributed by atoms with Crippen molar-refractivity contribution in [1.29, 1.82) is 0 Å². The number of anilines is 1. The number of carbonyl (C=O) groups is 1. The number of amides is 2. The van der Waals surface area contributed by atoms with Crippen LogP contribution < -0.4 is 10.6 Å². The van der Waals surface area contributed by atoms with E-state index in [9.17, 15) is 9.90 Å². The zero-order valence-electron chi connectivity index (χ0n) is 10.0. The molecule has 1 aromatic rings. The molecule has 0 spiro atoms. The summed E-state index contributed by atoms with van der Waals surface area (Å²) in [5.41, 5.74) is 0.702. The van der Waals surface area contributed by atoms with Gasteiger partial charge in [0.25, 0.3) is 0 Å². The molecular weight excluding hydrogens is 252 g/mol. The predicted octanol–water partition coefficient (Wildman–Crippen LogP) is 2.77. The number of aliphatic hydroxyl groups is 1. The number of nitrogens with one attached hydrogen (secondary N) is 2. The van der Waals surface area contributed by atoms with Gasteiger partial charge < -0.3 is 15.7 Å². The van der Waals surface area contributed by atoms with Crippen molar-refractivity contribution in [3.8, 4) is 0 Å². The maximum Gasteiger partial charge on any atom is 0.319 e. The van der Waals surface area contributed by atoms with Crippen molar-refractivity contribution in [3.63, 3.8) is 0 Å². The molecule has 1 aliphatic carbocycles. The summed E-state index contributed by atoms with van der Waals surface area (Å²) in [5.74, 6) is 0. The minimum atomic E-state index is -0.292. The third kappa shape index (κ3) is 3.89. The fourth-order valence-corrected chi connectivity index (χ4v) is 2.31. The first kappa shape index (κ1) is 13.2. The molecule has 0 aromatic heterocycles. The average molecular weight is 269 g/mol. The third-order valence-corrected chi connectivity index (χ3v) is 3.34. The standard InChI is InChI=1S/C13H17ClN2O2/c14-9-4-6-10(7-5-9)15-13(18)16-11-2-1-3-12(17)8-11/h4-7,11-12,17H,1-3,8H2,(H2,15,16,18). The Hall–Kier alpha value is -1.26. The smallest absolute Gasteiger partial charge is 0.319 e. The quantitative estimate of drug-likeness (QED) is 0.772. The largest absolute Gasteiger partial charge is 0.393 e. The number of halogens is 1. The Morgan fingerprint density at radius 1 is 1.28 bits per heavy atom. The number of hydrogen-bond acceptors (Lipinski definition) is 2. The van der Waals surface area contributed by atoms with Gasteiger partial charge in [-0.2, -0.15) is 0 Å². The number of hydrogen-bond donors (Lipinski definition) is 3. The van der Waals surface area contributed by atoms with Crippen molar-refractivity contribution < 1.29 is 9.90 Å². The molecule has 5 heteroatoms. The van der Waals surface area contributed by atoms with E-state index in [1.54, 1.807) is 24.3 Å². The normalized spacial score (nSPS) is 23.4. The van der Waals surface area contributed by atoms with Gasteiger partial charge >= 0.3 is 6.03 Å². The first-order valence-corrected chi connectivity index (χ1v) is 6.52. The lowest BCUT2D eigenvalue weighted by atomic mass is 9.93. The van der Waals surface area contributed by atoms with Gasteiger partial charge in [0, 0.05) is 16.8 Å². The maximum absolute atomic E-state index is 11.7. The molecule has 0 saturated heterocycles. The Morgan fingerprint density at radius 3 is 2.67 bits per heavy atom. The lowest BCUT2D eigenvalue weighted by Gasteiger charge is -2.26. The summed E-state index contributed by atoms with van der Waals surface area (Å²) in [7, 11) is 0. The zero-order valence-corrected chi connectivity index (χ0v) is 10.8. The molecule has 0 aliphatic heterocycles. The van der Waals surface area contributed by atoms with Crippen LogP contribution in [-0.4, -0.2) is 23.3 Å². The summed E-state index contributed by atoms with van der Waals surface area (Å²) in [6.45, 7) is 0. The number of carbonyl (C=O) groups excluding carboxylic acids is 1. The SMILES string of the molecule is O=C(Nc1ccc(Cl)cc1)NC1CCCC(O)C1. The second kappa shape index (κ2) is 6.07. The highest BCUT2D eigenvalue weighted by Crippen LogP contribution is 2.18. The van der Waals surface area contributed by atoms with Crippen molar-refractivity contribution in [2.75, 3.05) is 5.32 Å². The molecule has 3 N–H and O–H groups in total. The second-order valence-electron chi connectivity index (χ2n) is 4.62. The van der Waals surface area contributed by atoms with E-state index in [2.05, 4.69) is 10.6 Å². The molecule has 18 heavy (non-hydrogen) atoms. The first-order valence-electron chi connectivity index (χ1n) is 6.14. The molecule has 0 bridgehead atoms. The Bertz CT molecular complexity index is 408. The van der Waals surface area contributed by atoms with Gasteiger partial charge in [0.05, 0.1) is 6.10 Å². The van der Waals surface area contributed by atoms with E-state index in [-0.39, 0.29) is 18.2 Å². The van der Waals surface area contributed by atoms with E-state index in [4.69, 9.17) is 11.6 Å². The fraction of sp³-hybridized carbons (Fsp3) is 0.462. The molecule has 2 rings (SSSR count). The molecule has 1 aromatic carbocycles. The van der Waals surface area contributed by atoms with Crippen molar-refractivity contribution >= 4 is 23.3 Å². The van der Waals surface area contributed by atoms with Crippen molar-refractivity contribution in [3.05, 3.63) is 29.3 Å². The van der Waals surface area contributed by atoms with Crippen LogP contribution in [0.4, 0.5) is 10.5 Å². The van der Waals surface area contributed by atoms with Gasteiger partial charge in [-0.3, -0.25) is 0 Å². The van der Waals surface area contributed by atoms with Crippen LogP contribution in [0.1, 0.15) is 25.7 Å². The van der Waals surface area contributed by atoms with E-state index in [0.717, 1.165) is 19.3 Å². The second-order valence-corrected chi connectivity index (χ2v) is 5.06. The molecule has 2 unspecified atom stereocenters. The number of rotatable bonds is 2. The fourth-order valence-electron chi connectivity index (χ4n) is 2.18. The van der Waals surface area contributed by atoms with Crippen LogP contribution in [0.15, 0.2) is 24.3 Å². The highest BCUT2D eigenvalue weighted by molar-refractivity contribution is 6.30. The van der Waals surface area contributed by atoms with E-state index in [1.807, 2.05) is 0 Å². The minimum absolute atomic E-state index is 0.0565.